The number of nitriles is 1. The molecule has 1 fully saturated rings. The van der Waals surface area contributed by atoms with Crippen LogP contribution < -0.4 is 5.46 Å². The van der Waals surface area contributed by atoms with Gasteiger partial charge in [0.2, 0.25) is 0 Å². The summed E-state index contributed by atoms with van der Waals surface area (Å²) in [6.45, 7) is 1.77. The third-order valence-electron chi connectivity index (χ3n) is 3.02. The molecule has 0 atom stereocenters. The number of aromatic nitrogens is 2. The average molecular weight is 233 g/mol. The van der Waals surface area contributed by atoms with Crippen LogP contribution in [0.2, 0.25) is 0 Å². The largest absolute Gasteiger partial charge is 0.491 e. The molecule has 6 nitrogen and oxygen atoms in total. The maximum Gasteiger partial charge on any atom is 0.491 e. The highest BCUT2D eigenvalue weighted by atomic mass is 16.4. The maximum atomic E-state index is 10.2. The van der Waals surface area contributed by atoms with Crippen molar-refractivity contribution in [2.24, 2.45) is 5.41 Å². The van der Waals surface area contributed by atoms with Gasteiger partial charge < -0.3 is 15.2 Å². The average Bonchev–Trinajstić information content (AvgIpc) is 2.27. The Morgan fingerprint density at radius 3 is 2.29 bits per heavy atom. The Bertz CT molecular complexity index is 463. The number of hydrogen-bond donors (Lipinski definition) is 3. The van der Waals surface area contributed by atoms with Crippen molar-refractivity contribution in [1.29, 1.82) is 5.26 Å². The van der Waals surface area contributed by atoms with Crippen LogP contribution in [0.1, 0.15) is 25.6 Å². The summed E-state index contributed by atoms with van der Waals surface area (Å²) in [5.74, 6) is 0.217. The normalized spacial score (nSPS) is 31.5. The van der Waals surface area contributed by atoms with Crippen molar-refractivity contribution in [2.75, 3.05) is 0 Å². The number of hydrogen-bond acceptors (Lipinski definition) is 6. The summed E-state index contributed by atoms with van der Waals surface area (Å²) in [5.41, 5.74) is -1.55. The van der Waals surface area contributed by atoms with Crippen molar-refractivity contribution < 1.29 is 15.2 Å². The van der Waals surface area contributed by atoms with Crippen LogP contribution in [0, 0.1) is 16.7 Å². The lowest BCUT2D eigenvalue weighted by molar-refractivity contribution is -0.109. The predicted octanol–water partition coefficient (Wildman–Crippen LogP) is -1.33. The van der Waals surface area contributed by atoms with Crippen LogP contribution in [-0.2, 0) is 5.60 Å². The van der Waals surface area contributed by atoms with Gasteiger partial charge in [-0.2, -0.15) is 5.26 Å². The molecular weight excluding hydrogens is 221 g/mol. The van der Waals surface area contributed by atoms with Gasteiger partial charge in [0.15, 0.2) is 5.82 Å². The zero-order valence-corrected chi connectivity index (χ0v) is 9.33. The molecule has 0 amide bonds. The van der Waals surface area contributed by atoms with Crippen LogP contribution in [0.5, 0.6) is 0 Å². The lowest BCUT2D eigenvalue weighted by Gasteiger charge is -2.46. The minimum Gasteiger partial charge on any atom is -0.423 e. The van der Waals surface area contributed by atoms with Crippen LogP contribution in [-0.4, -0.2) is 32.2 Å². The fraction of sp³-hybridized carbons (Fsp3) is 0.500. The zero-order valence-electron chi connectivity index (χ0n) is 9.33. The van der Waals surface area contributed by atoms with Gasteiger partial charge in [-0.05, 0) is 6.92 Å². The van der Waals surface area contributed by atoms with E-state index >= 15 is 0 Å². The molecule has 3 N–H and O–H groups in total. The van der Waals surface area contributed by atoms with Gasteiger partial charge in [0.1, 0.15) is 5.60 Å². The third-order valence-corrected chi connectivity index (χ3v) is 3.02. The van der Waals surface area contributed by atoms with Gasteiger partial charge in [-0.3, -0.25) is 0 Å². The Morgan fingerprint density at radius 2 is 1.88 bits per heavy atom. The van der Waals surface area contributed by atoms with Gasteiger partial charge in [0.25, 0.3) is 0 Å². The molecule has 0 saturated heterocycles. The van der Waals surface area contributed by atoms with Gasteiger partial charge in [0, 0.05) is 30.7 Å². The second-order valence-corrected chi connectivity index (χ2v) is 4.77. The molecule has 1 saturated carbocycles. The first-order chi connectivity index (χ1) is 7.88. The van der Waals surface area contributed by atoms with Crippen molar-refractivity contribution in [2.45, 2.75) is 25.4 Å². The molecule has 0 spiro atoms. The van der Waals surface area contributed by atoms with Crippen molar-refractivity contribution in [3.63, 3.8) is 0 Å². The third kappa shape index (κ3) is 2.02. The molecule has 0 aliphatic heterocycles. The summed E-state index contributed by atoms with van der Waals surface area (Å²) in [7, 11) is -1.62. The number of nitrogens with zero attached hydrogens (tertiary/aromatic N) is 3. The van der Waals surface area contributed by atoms with E-state index in [1.165, 1.54) is 12.4 Å². The summed E-state index contributed by atoms with van der Waals surface area (Å²) in [4.78, 5) is 7.81. The van der Waals surface area contributed by atoms with Crippen molar-refractivity contribution in [1.82, 2.24) is 9.97 Å². The summed E-state index contributed by atoms with van der Waals surface area (Å²) in [6, 6.07) is 2.14. The van der Waals surface area contributed by atoms with Gasteiger partial charge in [-0.1, -0.05) is 0 Å². The van der Waals surface area contributed by atoms with Crippen LogP contribution in [0.25, 0.3) is 0 Å². The molecule has 1 aliphatic rings. The molecule has 2 rings (SSSR count). The molecule has 0 bridgehead atoms. The second-order valence-electron chi connectivity index (χ2n) is 4.77. The molecule has 0 unspecified atom stereocenters. The van der Waals surface area contributed by atoms with E-state index < -0.39 is 18.1 Å². The standard InChI is InChI=1S/C10H12BN3O3/c1-9(6-12)4-10(15,5-9)8-13-2-7(3-14-8)11(16)17/h2-3,15-17H,4-5H2,1H3. The van der Waals surface area contributed by atoms with E-state index in [1.807, 2.05) is 0 Å². The summed E-state index contributed by atoms with van der Waals surface area (Å²) < 4.78 is 0. The number of rotatable bonds is 2. The quantitative estimate of drug-likeness (QED) is 0.545. The molecule has 17 heavy (non-hydrogen) atoms. The van der Waals surface area contributed by atoms with E-state index in [-0.39, 0.29) is 24.1 Å². The van der Waals surface area contributed by atoms with E-state index in [1.54, 1.807) is 6.92 Å². The first kappa shape index (κ1) is 12.0. The first-order valence-corrected chi connectivity index (χ1v) is 5.21. The van der Waals surface area contributed by atoms with Gasteiger partial charge in [-0.15, -0.1) is 0 Å². The topological polar surface area (TPSA) is 110 Å². The van der Waals surface area contributed by atoms with E-state index in [9.17, 15) is 5.11 Å². The SMILES string of the molecule is CC1(C#N)CC(O)(c2ncc(B(O)O)cn2)C1. The molecule has 1 heterocycles. The zero-order chi connectivity index (χ0) is 12.7. The van der Waals surface area contributed by atoms with Gasteiger partial charge in [0.05, 0.1) is 11.5 Å². The monoisotopic (exact) mass is 233 g/mol. The highest BCUT2D eigenvalue weighted by molar-refractivity contribution is 6.58. The minimum absolute atomic E-state index is 0.166. The second kappa shape index (κ2) is 3.77. The minimum atomic E-state index is -1.62. The molecule has 1 aliphatic carbocycles. The first-order valence-electron chi connectivity index (χ1n) is 5.21. The molecule has 88 valence electrons. The molecular formula is C10H12BN3O3. The van der Waals surface area contributed by atoms with Crippen LogP contribution in [0.3, 0.4) is 0 Å². The highest BCUT2D eigenvalue weighted by Crippen LogP contribution is 2.52. The number of aliphatic hydroxyl groups is 1. The predicted molar refractivity (Wildman–Crippen MR) is 58.7 cm³/mol. The van der Waals surface area contributed by atoms with E-state index in [2.05, 4.69) is 16.0 Å². The van der Waals surface area contributed by atoms with Crippen molar-refractivity contribution in [3.8, 4) is 6.07 Å². The van der Waals surface area contributed by atoms with Crippen LogP contribution in [0.4, 0.5) is 0 Å². The van der Waals surface area contributed by atoms with Gasteiger partial charge in [-0.25, -0.2) is 9.97 Å². The Balaban J connectivity index is 2.18. The van der Waals surface area contributed by atoms with Crippen LogP contribution >= 0.6 is 0 Å². The smallest absolute Gasteiger partial charge is 0.423 e. The summed E-state index contributed by atoms with van der Waals surface area (Å²) in [6.07, 6.45) is 3.09. The lowest BCUT2D eigenvalue weighted by atomic mass is 9.60. The van der Waals surface area contributed by atoms with E-state index in [4.69, 9.17) is 15.3 Å². The molecule has 1 aromatic rings. The van der Waals surface area contributed by atoms with E-state index in [0.29, 0.717) is 0 Å². The fourth-order valence-corrected chi connectivity index (χ4v) is 2.19. The van der Waals surface area contributed by atoms with Crippen molar-refractivity contribution >= 4 is 12.6 Å². The Labute approximate surface area is 98.7 Å². The Morgan fingerprint density at radius 1 is 1.35 bits per heavy atom. The lowest BCUT2D eigenvalue weighted by Crippen LogP contribution is -2.48. The fourth-order valence-electron chi connectivity index (χ4n) is 2.19. The van der Waals surface area contributed by atoms with E-state index in [0.717, 1.165) is 0 Å². The Kier molecular flexibility index (Phi) is 2.66. The summed E-state index contributed by atoms with van der Waals surface area (Å²) in [5, 5.41) is 36.8. The van der Waals surface area contributed by atoms with Gasteiger partial charge >= 0.3 is 7.12 Å². The summed E-state index contributed by atoms with van der Waals surface area (Å²) >= 11 is 0. The Hall–Kier alpha value is -1.49. The van der Waals surface area contributed by atoms with Crippen LogP contribution in [0.15, 0.2) is 12.4 Å². The molecule has 7 heteroatoms. The maximum absolute atomic E-state index is 10.2. The molecule has 1 aromatic heterocycles. The molecule has 0 aromatic carbocycles. The highest BCUT2D eigenvalue weighted by Gasteiger charge is 2.54. The van der Waals surface area contributed by atoms with Crippen molar-refractivity contribution in [3.05, 3.63) is 18.2 Å². The molecule has 0 radical (unpaired) electrons.